The Hall–Kier alpha value is -1.85. The van der Waals surface area contributed by atoms with Crippen molar-refractivity contribution in [2.45, 2.75) is 6.04 Å². The second-order valence-electron chi connectivity index (χ2n) is 4.25. The van der Waals surface area contributed by atoms with Crippen molar-refractivity contribution in [3.05, 3.63) is 52.5 Å². The average molecular weight is 319 g/mol. The maximum Gasteiger partial charge on any atom is 0.245 e. The Labute approximate surface area is 118 Å². The van der Waals surface area contributed by atoms with Crippen LogP contribution in [0.5, 0.6) is 11.5 Å². The monoisotopic (exact) mass is 318 g/mol. The van der Waals surface area contributed by atoms with E-state index in [2.05, 4.69) is 21.2 Å². The first-order valence-corrected chi connectivity index (χ1v) is 6.57. The number of nitrogens with one attached hydrogen (secondary N) is 1. The molecule has 5 heteroatoms. The zero-order valence-corrected chi connectivity index (χ0v) is 11.5. The van der Waals surface area contributed by atoms with Gasteiger partial charge in [-0.15, -0.1) is 0 Å². The molecule has 1 heterocycles. The minimum atomic E-state index is -0.590. The standard InChI is InChI=1S/C14H11BrN2O2/c15-10-3-1-2-4-12(10)19-8-5-6-9-11(7-8)17-14(18)13(9)16/h1-7,13H,16H2,(H,17,18). The summed E-state index contributed by atoms with van der Waals surface area (Å²) in [6, 6.07) is 12.4. The van der Waals surface area contributed by atoms with E-state index >= 15 is 0 Å². The number of ether oxygens (including phenoxy) is 1. The number of carbonyl (C=O) groups is 1. The summed E-state index contributed by atoms with van der Waals surface area (Å²) in [5, 5.41) is 2.73. The number of para-hydroxylation sites is 1. The molecular formula is C14H11BrN2O2. The van der Waals surface area contributed by atoms with Gasteiger partial charge in [-0.1, -0.05) is 18.2 Å². The maximum atomic E-state index is 11.5. The molecule has 0 aliphatic carbocycles. The Morgan fingerprint density at radius 3 is 2.79 bits per heavy atom. The van der Waals surface area contributed by atoms with Crippen molar-refractivity contribution in [1.29, 1.82) is 0 Å². The van der Waals surface area contributed by atoms with E-state index in [1.54, 1.807) is 12.1 Å². The highest BCUT2D eigenvalue weighted by atomic mass is 79.9. The molecule has 0 saturated carbocycles. The lowest BCUT2D eigenvalue weighted by atomic mass is 10.1. The summed E-state index contributed by atoms with van der Waals surface area (Å²) in [5.74, 6) is 1.18. The molecule has 0 aromatic heterocycles. The lowest BCUT2D eigenvalue weighted by Crippen LogP contribution is -2.19. The summed E-state index contributed by atoms with van der Waals surface area (Å²) in [6.45, 7) is 0. The number of fused-ring (bicyclic) bond motifs is 1. The Morgan fingerprint density at radius 2 is 2.00 bits per heavy atom. The normalized spacial score (nSPS) is 16.9. The van der Waals surface area contributed by atoms with Crippen molar-refractivity contribution in [2.24, 2.45) is 5.73 Å². The van der Waals surface area contributed by atoms with Crippen LogP contribution in [0.1, 0.15) is 11.6 Å². The SMILES string of the molecule is NC1C(=O)Nc2cc(Oc3ccccc3Br)ccc21. The number of rotatable bonds is 2. The molecule has 0 spiro atoms. The van der Waals surface area contributed by atoms with Crippen molar-refractivity contribution in [1.82, 2.24) is 0 Å². The third-order valence-electron chi connectivity index (χ3n) is 2.96. The quantitative estimate of drug-likeness (QED) is 0.893. The molecule has 0 saturated heterocycles. The first kappa shape index (κ1) is 12.2. The van der Waals surface area contributed by atoms with E-state index in [-0.39, 0.29) is 5.91 Å². The number of amides is 1. The van der Waals surface area contributed by atoms with Crippen LogP contribution < -0.4 is 15.8 Å². The number of hydrogen-bond acceptors (Lipinski definition) is 3. The van der Waals surface area contributed by atoms with Crippen LogP contribution in [0.3, 0.4) is 0 Å². The molecule has 0 bridgehead atoms. The zero-order valence-electron chi connectivity index (χ0n) is 9.89. The maximum absolute atomic E-state index is 11.5. The van der Waals surface area contributed by atoms with Gasteiger partial charge >= 0.3 is 0 Å². The van der Waals surface area contributed by atoms with Gasteiger partial charge in [-0.25, -0.2) is 0 Å². The van der Waals surface area contributed by atoms with Gasteiger partial charge in [0.15, 0.2) is 0 Å². The van der Waals surface area contributed by atoms with E-state index in [0.717, 1.165) is 15.8 Å². The van der Waals surface area contributed by atoms with E-state index in [1.807, 2.05) is 30.3 Å². The van der Waals surface area contributed by atoms with Gasteiger partial charge in [-0.2, -0.15) is 0 Å². The predicted octanol–water partition coefficient (Wildman–Crippen LogP) is 3.19. The molecule has 1 aliphatic heterocycles. The van der Waals surface area contributed by atoms with Crippen LogP contribution in [0.2, 0.25) is 0 Å². The molecule has 1 unspecified atom stereocenters. The lowest BCUT2D eigenvalue weighted by molar-refractivity contribution is -0.116. The molecule has 19 heavy (non-hydrogen) atoms. The largest absolute Gasteiger partial charge is 0.456 e. The van der Waals surface area contributed by atoms with Crippen LogP contribution in [0.25, 0.3) is 0 Å². The summed E-state index contributed by atoms with van der Waals surface area (Å²) in [6.07, 6.45) is 0. The van der Waals surface area contributed by atoms with Crippen LogP contribution in [0, 0.1) is 0 Å². The fourth-order valence-electron chi connectivity index (χ4n) is 1.98. The molecule has 1 amide bonds. The summed E-state index contributed by atoms with van der Waals surface area (Å²) in [7, 11) is 0. The van der Waals surface area contributed by atoms with Gasteiger partial charge in [0.1, 0.15) is 17.5 Å². The average Bonchev–Trinajstić information content (AvgIpc) is 2.68. The first-order chi connectivity index (χ1) is 9.15. The van der Waals surface area contributed by atoms with Crippen LogP contribution in [0.15, 0.2) is 46.9 Å². The molecule has 3 N–H and O–H groups in total. The Balaban J connectivity index is 1.91. The number of nitrogens with two attached hydrogens (primary N) is 1. The van der Waals surface area contributed by atoms with Crippen molar-refractivity contribution in [3.8, 4) is 11.5 Å². The van der Waals surface area contributed by atoms with Crippen LogP contribution >= 0.6 is 15.9 Å². The minimum absolute atomic E-state index is 0.187. The van der Waals surface area contributed by atoms with Gasteiger partial charge in [0, 0.05) is 17.3 Å². The molecule has 1 aliphatic rings. The highest BCUT2D eigenvalue weighted by Gasteiger charge is 2.27. The highest BCUT2D eigenvalue weighted by molar-refractivity contribution is 9.10. The lowest BCUT2D eigenvalue weighted by Gasteiger charge is -2.09. The molecule has 2 aromatic carbocycles. The zero-order chi connectivity index (χ0) is 13.4. The van der Waals surface area contributed by atoms with Crippen molar-refractivity contribution in [3.63, 3.8) is 0 Å². The number of hydrogen-bond donors (Lipinski definition) is 2. The van der Waals surface area contributed by atoms with E-state index < -0.39 is 6.04 Å². The van der Waals surface area contributed by atoms with Gasteiger partial charge in [-0.3, -0.25) is 4.79 Å². The summed E-state index contributed by atoms with van der Waals surface area (Å²) in [5.41, 5.74) is 7.26. The fourth-order valence-corrected chi connectivity index (χ4v) is 2.35. The van der Waals surface area contributed by atoms with Crippen LogP contribution in [0.4, 0.5) is 5.69 Å². The number of anilines is 1. The molecule has 0 fully saturated rings. The third-order valence-corrected chi connectivity index (χ3v) is 3.62. The summed E-state index contributed by atoms with van der Waals surface area (Å²) >= 11 is 3.42. The van der Waals surface area contributed by atoms with E-state index in [0.29, 0.717) is 11.4 Å². The Kier molecular flexibility index (Phi) is 3.00. The molecular weight excluding hydrogens is 308 g/mol. The summed E-state index contributed by atoms with van der Waals surface area (Å²) < 4.78 is 6.64. The van der Waals surface area contributed by atoms with Gasteiger partial charge in [0.25, 0.3) is 0 Å². The van der Waals surface area contributed by atoms with Gasteiger partial charge in [-0.05, 0) is 34.1 Å². The number of carbonyl (C=O) groups excluding carboxylic acids is 1. The molecule has 0 radical (unpaired) electrons. The predicted molar refractivity (Wildman–Crippen MR) is 76.2 cm³/mol. The second-order valence-corrected chi connectivity index (χ2v) is 5.10. The highest BCUT2D eigenvalue weighted by Crippen LogP contribution is 2.35. The van der Waals surface area contributed by atoms with Crippen molar-refractivity contribution in [2.75, 3.05) is 5.32 Å². The molecule has 4 nitrogen and oxygen atoms in total. The Morgan fingerprint density at radius 1 is 1.21 bits per heavy atom. The van der Waals surface area contributed by atoms with Crippen molar-refractivity contribution < 1.29 is 9.53 Å². The fraction of sp³-hybridized carbons (Fsp3) is 0.0714. The second kappa shape index (κ2) is 4.68. The van der Waals surface area contributed by atoms with Gasteiger partial charge in [0.2, 0.25) is 5.91 Å². The topological polar surface area (TPSA) is 64.4 Å². The van der Waals surface area contributed by atoms with E-state index in [9.17, 15) is 4.79 Å². The van der Waals surface area contributed by atoms with E-state index in [1.165, 1.54) is 0 Å². The number of benzene rings is 2. The smallest absolute Gasteiger partial charge is 0.245 e. The van der Waals surface area contributed by atoms with Gasteiger partial charge in [0.05, 0.1) is 4.47 Å². The third kappa shape index (κ3) is 2.22. The Bertz CT molecular complexity index is 658. The first-order valence-electron chi connectivity index (χ1n) is 5.78. The van der Waals surface area contributed by atoms with Crippen LogP contribution in [-0.4, -0.2) is 5.91 Å². The molecule has 1 atom stereocenters. The molecule has 2 aromatic rings. The number of halogens is 1. The van der Waals surface area contributed by atoms with E-state index in [4.69, 9.17) is 10.5 Å². The van der Waals surface area contributed by atoms with Crippen molar-refractivity contribution >= 4 is 27.5 Å². The van der Waals surface area contributed by atoms with Crippen LogP contribution in [-0.2, 0) is 4.79 Å². The molecule has 3 rings (SSSR count). The molecule has 96 valence electrons. The van der Waals surface area contributed by atoms with Gasteiger partial charge < -0.3 is 15.8 Å². The summed E-state index contributed by atoms with van der Waals surface area (Å²) in [4.78, 5) is 11.5. The minimum Gasteiger partial charge on any atom is -0.456 e.